The highest BCUT2D eigenvalue weighted by atomic mass is 19.1. The molecule has 2 rings (SSSR count). The summed E-state index contributed by atoms with van der Waals surface area (Å²) < 4.78 is 13.0. The Bertz CT molecular complexity index is 411. The fourth-order valence-electron chi connectivity index (χ4n) is 2.31. The number of carboxylic acid groups (broad SMARTS) is 1. The number of hydrogen-bond donors (Lipinski definition) is 1. The largest absolute Gasteiger partial charge is 0.481 e. The average molecular weight is 238 g/mol. The Morgan fingerprint density at radius 2 is 2.41 bits per heavy atom. The normalized spacial score (nSPS) is 20.6. The number of hydrogen-bond acceptors (Lipinski definition) is 3. The Morgan fingerprint density at radius 3 is 3.12 bits per heavy atom. The molecule has 1 aromatic heterocycles. The van der Waals surface area contributed by atoms with Gasteiger partial charge in [0, 0.05) is 18.8 Å². The van der Waals surface area contributed by atoms with Crippen molar-refractivity contribution in [3.63, 3.8) is 0 Å². The molecule has 0 spiro atoms. The maximum Gasteiger partial charge on any atom is 0.304 e. The molecule has 1 aliphatic heterocycles. The third kappa shape index (κ3) is 3.23. The Morgan fingerprint density at radius 1 is 1.59 bits per heavy atom. The number of likely N-dealkylation sites (tertiary alicyclic amines) is 1. The monoisotopic (exact) mass is 238 g/mol. The SMILES string of the molecule is O=C(O)CC1CCCN1Cc1cncc(F)c1. The fourth-order valence-corrected chi connectivity index (χ4v) is 2.31. The van der Waals surface area contributed by atoms with Gasteiger partial charge in [0.25, 0.3) is 0 Å². The van der Waals surface area contributed by atoms with E-state index in [0.29, 0.717) is 6.54 Å². The smallest absolute Gasteiger partial charge is 0.304 e. The lowest BCUT2D eigenvalue weighted by Gasteiger charge is -2.22. The van der Waals surface area contributed by atoms with Crippen molar-refractivity contribution in [2.24, 2.45) is 0 Å². The predicted octanol–water partition coefficient (Wildman–Crippen LogP) is 1.66. The zero-order valence-corrected chi connectivity index (χ0v) is 9.47. The molecule has 0 amide bonds. The van der Waals surface area contributed by atoms with Crippen LogP contribution in [0.3, 0.4) is 0 Å². The van der Waals surface area contributed by atoms with E-state index in [0.717, 1.165) is 24.9 Å². The molecule has 1 aromatic rings. The van der Waals surface area contributed by atoms with Gasteiger partial charge in [0.15, 0.2) is 0 Å². The number of pyridine rings is 1. The van der Waals surface area contributed by atoms with Crippen molar-refractivity contribution >= 4 is 5.97 Å². The van der Waals surface area contributed by atoms with E-state index in [1.165, 1.54) is 12.3 Å². The van der Waals surface area contributed by atoms with E-state index in [9.17, 15) is 9.18 Å². The first-order chi connectivity index (χ1) is 8.15. The molecule has 0 bridgehead atoms. The van der Waals surface area contributed by atoms with Crippen molar-refractivity contribution in [3.05, 3.63) is 29.8 Å². The molecule has 2 heterocycles. The molecule has 0 saturated carbocycles. The van der Waals surface area contributed by atoms with Crippen molar-refractivity contribution in [2.45, 2.75) is 31.8 Å². The van der Waals surface area contributed by atoms with Gasteiger partial charge in [-0.2, -0.15) is 0 Å². The van der Waals surface area contributed by atoms with Gasteiger partial charge < -0.3 is 5.11 Å². The number of carbonyl (C=O) groups is 1. The second kappa shape index (κ2) is 5.23. The van der Waals surface area contributed by atoms with Gasteiger partial charge in [0.1, 0.15) is 5.82 Å². The van der Waals surface area contributed by atoms with Gasteiger partial charge in [0.2, 0.25) is 0 Å². The molecule has 1 N–H and O–H groups in total. The van der Waals surface area contributed by atoms with Gasteiger partial charge >= 0.3 is 5.97 Å². The number of halogens is 1. The summed E-state index contributed by atoms with van der Waals surface area (Å²) in [7, 11) is 0. The van der Waals surface area contributed by atoms with Crippen molar-refractivity contribution in [1.82, 2.24) is 9.88 Å². The Labute approximate surface area is 99.1 Å². The summed E-state index contributed by atoms with van der Waals surface area (Å²) in [4.78, 5) is 16.6. The van der Waals surface area contributed by atoms with Crippen LogP contribution in [0.15, 0.2) is 18.5 Å². The van der Waals surface area contributed by atoms with E-state index in [1.807, 2.05) is 0 Å². The molecule has 1 unspecified atom stereocenters. The minimum Gasteiger partial charge on any atom is -0.481 e. The average Bonchev–Trinajstić information content (AvgIpc) is 2.65. The fraction of sp³-hybridized carbons (Fsp3) is 0.500. The zero-order chi connectivity index (χ0) is 12.3. The number of nitrogens with zero attached hydrogens (tertiary/aromatic N) is 2. The minimum atomic E-state index is -0.778. The molecule has 17 heavy (non-hydrogen) atoms. The Balaban J connectivity index is 2.00. The highest BCUT2D eigenvalue weighted by Crippen LogP contribution is 2.22. The summed E-state index contributed by atoms with van der Waals surface area (Å²) in [5, 5.41) is 8.80. The van der Waals surface area contributed by atoms with Gasteiger partial charge in [-0.3, -0.25) is 14.7 Å². The lowest BCUT2D eigenvalue weighted by molar-refractivity contribution is -0.138. The maximum atomic E-state index is 13.0. The highest BCUT2D eigenvalue weighted by molar-refractivity contribution is 5.67. The van der Waals surface area contributed by atoms with Crippen LogP contribution >= 0.6 is 0 Å². The molecule has 4 nitrogen and oxygen atoms in total. The van der Waals surface area contributed by atoms with Crippen LogP contribution in [0, 0.1) is 5.82 Å². The topological polar surface area (TPSA) is 53.4 Å². The highest BCUT2D eigenvalue weighted by Gasteiger charge is 2.26. The van der Waals surface area contributed by atoms with Crippen LogP contribution in [0.25, 0.3) is 0 Å². The second-order valence-corrected chi connectivity index (χ2v) is 4.38. The van der Waals surface area contributed by atoms with Crippen LogP contribution in [0.1, 0.15) is 24.8 Å². The third-order valence-electron chi connectivity index (χ3n) is 3.06. The molecule has 92 valence electrons. The number of carboxylic acids is 1. The van der Waals surface area contributed by atoms with Crippen LogP contribution in [-0.4, -0.2) is 33.5 Å². The molecule has 1 fully saturated rings. The summed E-state index contributed by atoms with van der Waals surface area (Å²) in [6, 6.07) is 1.51. The lowest BCUT2D eigenvalue weighted by atomic mass is 10.1. The summed E-state index contributed by atoms with van der Waals surface area (Å²) in [5.41, 5.74) is 0.794. The maximum absolute atomic E-state index is 13.0. The van der Waals surface area contributed by atoms with Crippen molar-refractivity contribution < 1.29 is 14.3 Å². The van der Waals surface area contributed by atoms with E-state index >= 15 is 0 Å². The van der Waals surface area contributed by atoms with Gasteiger partial charge in [0.05, 0.1) is 12.6 Å². The summed E-state index contributed by atoms with van der Waals surface area (Å²) in [5.74, 6) is -1.13. The van der Waals surface area contributed by atoms with Gasteiger partial charge in [-0.15, -0.1) is 0 Å². The zero-order valence-electron chi connectivity index (χ0n) is 9.47. The minimum absolute atomic E-state index is 0.0655. The molecule has 0 radical (unpaired) electrons. The first-order valence-electron chi connectivity index (χ1n) is 5.70. The molecule has 0 aliphatic carbocycles. The Hall–Kier alpha value is -1.49. The van der Waals surface area contributed by atoms with Crippen LogP contribution in [-0.2, 0) is 11.3 Å². The van der Waals surface area contributed by atoms with E-state index in [2.05, 4.69) is 9.88 Å². The van der Waals surface area contributed by atoms with Crippen LogP contribution in [0.4, 0.5) is 4.39 Å². The van der Waals surface area contributed by atoms with E-state index < -0.39 is 5.97 Å². The van der Waals surface area contributed by atoms with E-state index in [4.69, 9.17) is 5.11 Å². The molecule has 1 aliphatic rings. The quantitative estimate of drug-likeness (QED) is 0.866. The molecule has 1 atom stereocenters. The molecule has 1 saturated heterocycles. The predicted molar refractivity (Wildman–Crippen MR) is 59.9 cm³/mol. The van der Waals surface area contributed by atoms with Crippen LogP contribution < -0.4 is 0 Å². The summed E-state index contributed by atoms with van der Waals surface area (Å²) in [6.07, 6.45) is 4.85. The molecular formula is C12H15FN2O2. The van der Waals surface area contributed by atoms with Crippen molar-refractivity contribution in [3.8, 4) is 0 Å². The van der Waals surface area contributed by atoms with Crippen LogP contribution in [0.5, 0.6) is 0 Å². The third-order valence-corrected chi connectivity index (χ3v) is 3.06. The van der Waals surface area contributed by atoms with E-state index in [1.54, 1.807) is 6.20 Å². The lowest BCUT2D eigenvalue weighted by Crippen LogP contribution is -2.30. The van der Waals surface area contributed by atoms with Crippen molar-refractivity contribution in [1.29, 1.82) is 0 Å². The van der Waals surface area contributed by atoms with Crippen LogP contribution in [0.2, 0.25) is 0 Å². The first-order valence-corrected chi connectivity index (χ1v) is 5.70. The summed E-state index contributed by atoms with van der Waals surface area (Å²) >= 11 is 0. The number of aliphatic carboxylic acids is 1. The number of rotatable bonds is 4. The second-order valence-electron chi connectivity index (χ2n) is 4.38. The van der Waals surface area contributed by atoms with Gasteiger partial charge in [-0.1, -0.05) is 0 Å². The first kappa shape index (κ1) is 12.0. The number of aromatic nitrogens is 1. The van der Waals surface area contributed by atoms with Gasteiger partial charge in [-0.05, 0) is 31.0 Å². The van der Waals surface area contributed by atoms with Gasteiger partial charge in [-0.25, -0.2) is 4.39 Å². The molecular weight excluding hydrogens is 223 g/mol. The molecule has 5 heteroatoms. The summed E-state index contributed by atoms with van der Waals surface area (Å²) in [6.45, 7) is 1.44. The standard InChI is InChI=1S/C12H15FN2O2/c13-10-4-9(6-14-7-10)8-15-3-1-2-11(15)5-12(16)17/h4,6-7,11H,1-3,5,8H2,(H,16,17). The van der Waals surface area contributed by atoms with Crippen molar-refractivity contribution in [2.75, 3.05) is 6.54 Å². The Kier molecular flexibility index (Phi) is 3.68. The van der Waals surface area contributed by atoms with E-state index in [-0.39, 0.29) is 18.3 Å². The molecule has 0 aromatic carbocycles.